The van der Waals surface area contributed by atoms with Crippen LogP contribution in [-0.2, 0) is 16.1 Å². The van der Waals surface area contributed by atoms with E-state index in [0.29, 0.717) is 18.1 Å². The van der Waals surface area contributed by atoms with E-state index in [-0.39, 0.29) is 18.2 Å². The highest BCUT2D eigenvalue weighted by molar-refractivity contribution is 6.31. The van der Waals surface area contributed by atoms with Crippen LogP contribution in [0.15, 0.2) is 42.5 Å². The van der Waals surface area contributed by atoms with Crippen molar-refractivity contribution in [2.24, 2.45) is 0 Å². The third kappa shape index (κ3) is 5.33. The van der Waals surface area contributed by atoms with Gasteiger partial charge >= 0.3 is 0 Å². The van der Waals surface area contributed by atoms with Crippen LogP contribution in [0, 0.1) is 13.8 Å². The molecule has 0 spiro atoms. The molecule has 0 aliphatic carbocycles. The van der Waals surface area contributed by atoms with Crippen molar-refractivity contribution in [2.45, 2.75) is 33.7 Å². The number of rotatable bonds is 6. The number of aryl methyl sites for hydroxylation is 2. The molecule has 2 aromatic carbocycles. The highest BCUT2D eigenvalue weighted by atomic mass is 35.5. The van der Waals surface area contributed by atoms with Gasteiger partial charge in [-0.1, -0.05) is 41.9 Å². The summed E-state index contributed by atoms with van der Waals surface area (Å²) >= 11 is 6.08. The highest BCUT2D eigenvalue weighted by Crippen LogP contribution is 2.22. The zero-order chi connectivity index (χ0) is 18.4. The van der Waals surface area contributed by atoms with Gasteiger partial charge in [0, 0.05) is 37.1 Å². The van der Waals surface area contributed by atoms with Gasteiger partial charge in [-0.2, -0.15) is 0 Å². The van der Waals surface area contributed by atoms with Crippen LogP contribution in [-0.4, -0.2) is 18.4 Å². The summed E-state index contributed by atoms with van der Waals surface area (Å²) in [6.07, 6.45) is 0.234. The Hall–Kier alpha value is -2.33. The summed E-state index contributed by atoms with van der Waals surface area (Å²) in [4.78, 5) is 25.8. The van der Waals surface area contributed by atoms with Gasteiger partial charge in [-0.3, -0.25) is 9.59 Å². The van der Waals surface area contributed by atoms with E-state index in [1.165, 1.54) is 6.92 Å². The number of carbonyl (C=O) groups excluding carboxylic acids is 2. The van der Waals surface area contributed by atoms with Crippen LogP contribution in [0.3, 0.4) is 0 Å². The number of amides is 2. The Balaban J connectivity index is 1.97. The van der Waals surface area contributed by atoms with Crippen molar-refractivity contribution in [3.05, 3.63) is 64.2 Å². The first-order chi connectivity index (χ1) is 11.9. The van der Waals surface area contributed by atoms with Crippen LogP contribution >= 0.6 is 11.6 Å². The molecule has 1 N–H and O–H groups in total. The van der Waals surface area contributed by atoms with Gasteiger partial charge in [0.1, 0.15) is 0 Å². The molecule has 2 amide bonds. The topological polar surface area (TPSA) is 49.4 Å². The molecule has 4 nitrogen and oxygen atoms in total. The van der Waals surface area contributed by atoms with E-state index in [1.54, 1.807) is 11.0 Å². The Morgan fingerprint density at radius 1 is 1.12 bits per heavy atom. The van der Waals surface area contributed by atoms with Crippen molar-refractivity contribution in [3.63, 3.8) is 0 Å². The van der Waals surface area contributed by atoms with Gasteiger partial charge < -0.3 is 10.2 Å². The summed E-state index contributed by atoms with van der Waals surface area (Å²) < 4.78 is 0. The van der Waals surface area contributed by atoms with Crippen LogP contribution in [0.5, 0.6) is 0 Å². The minimum absolute atomic E-state index is 0.0763. The van der Waals surface area contributed by atoms with Gasteiger partial charge in [-0.25, -0.2) is 0 Å². The van der Waals surface area contributed by atoms with E-state index < -0.39 is 0 Å². The predicted octanol–water partition coefficient (Wildman–Crippen LogP) is 4.02. The quantitative estimate of drug-likeness (QED) is 0.848. The molecular formula is C20H23ClN2O2. The van der Waals surface area contributed by atoms with E-state index >= 15 is 0 Å². The fourth-order valence-corrected chi connectivity index (χ4v) is 2.80. The van der Waals surface area contributed by atoms with Gasteiger partial charge in [0.25, 0.3) is 0 Å². The lowest BCUT2D eigenvalue weighted by Crippen LogP contribution is -2.34. The largest absolute Gasteiger partial charge is 0.352 e. The fraction of sp³-hybridized carbons (Fsp3) is 0.300. The second-order valence-electron chi connectivity index (χ2n) is 6.08. The Kier molecular flexibility index (Phi) is 6.59. The third-order valence-corrected chi connectivity index (χ3v) is 4.40. The molecule has 0 aliphatic rings. The zero-order valence-electron chi connectivity index (χ0n) is 14.8. The van der Waals surface area contributed by atoms with E-state index in [9.17, 15) is 9.59 Å². The average molecular weight is 359 g/mol. The van der Waals surface area contributed by atoms with Crippen molar-refractivity contribution in [3.8, 4) is 0 Å². The second-order valence-corrected chi connectivity index (χ2v) is 6.49. The summed E-state index contributed by atoms with van der Waals surface area (Å²) in [5.74, 6) is -0.191. The summed E-state index contributed by atoms with van der Waals surface area (Å²) in [7, 11) is 0. The maximum Gasteiger partial charge on any atom is 0.223 e. The Morgan fingerprint density at radius 2 is 1.84 bits per heavy atom. The Labute approximate surface area is 153 Å². The van der Waals surface area contributed by atoms with Crippen LogP contribution < -0.4 is 10.2 Å². The van der Waals surface area contributed by atoms with Crippen LogP contribution in [0.25, 0.3) is 0 Å². The minimum Gasteiger partial charge on any atom is -0.352 e. The van der Waals surface area contributed by atoms with Crippen molar-refractivity contribution < 1.29 is 9.59 Å². The number of benzene rings is 2. The van der Waals surface area contributed by atoms with Crippen molar-refractivity contribution in [1.29, 1.82) is 0 Å². The molecule has 2 aromatic rings. The van der Waals surface area contributed by atoms with E-state index in [0.717, 1.165) is 22.4 Å². The molecule has 0 heterocycles. The molecule has 0 fully saturated rings. The standard InChI is InChI=1S/C20H23ClN2O2/c1-14-8-9-15(2)19(12-14)23(16(3)24)11-10-20(25)22-13-17-6-4-5-7-18(17)21/h4-9,12H,10-11,13H2,1-3H3,(H,22,25). The number of hydrogen-bond donors (Lipinski definition) is 1. The minimum atomic E-state index is -0.114. The lowest BCUT2D eigenvalue weighted by Gasteiger charge is -2.23. The number of carbonyl (C=O) groups is 2. The lowest BCUT2D eigenvalue weighted by atomic mass is 10.1. The molecule has 0 aliphatic heterocycles. The molecule has 0 aromatic heterocycles. The van der Waals surface area contributed by atoms with Crippen LogP contribution in [0.2, 0.25) is 5.02 Å². The molecular weight excluding hydrogens is 336 g/mol. The third-order valence-electron chi connectivity index (χ3n) is 4.03. The maximum absolute atomic E-state index is 12.1. The Morgan fingerprint density at radius 3 is 2.52 bits per heavy atom. The van der Waals surface area contributed by atoms with Crippen LogP contribution in [0.1, 0.15) is 30.0 Å². The molecule has 132 valence electrons. The summed E-state index contributed by atoms with van der Waals surface area (Å²) in [6.45, 7) is 6.18. The molecule has 0 radical (unpaired) electrons. The number of nitrogens with one attached hydrogen (secondary N) is 1. The van der Waals surface area contributed by atoms with Crippen LogP contribution in [0.4, 0.5) is 5.69 Å². The Bertz CT molecular complexity index is 774. The predicted molar refractivity (Wildman–Crippen MR) is 102 cm³/mol. The normalized spacial score (nSPS) is 10.4. The molecule has 0 atom stereocenters. The highest BCUT2D eigenvalue weighted by Gasteiger charge is 2.15. The van der Waals surface area contributed by atoms with Gasteiger partial charge in [-0.15, -0.1) is 0 Å². The molecule has 0 bridgehead atoms. The molecule has 5 heteroatoms. The number of hydrogen-bond acceptors (Lipinski definition) is 2. The number of nitrogens with zero attached hydrogens (tertiary/aromatic N) is 1. The van der Waals surface area contributed by atoms with E-state index in [4.69, 9.17) is 11.6 Å². The number of halogens is 1. The average Bonchev–Trinajstić information content (AvgIpc) is 2.57. The van der Waals surface area contributed by atoms with Gasteiger partial charge in [0.05, 0.1) is 0 Å². The smallest absolute Gasteiger partial charge is 0.223 e. The van der Waals surface area contributed by atoms with E-state index in [2.05, 4.69) is 5.32 Å². The first kappa shape index (κ1) is 19.0. The first-order valence-corrected chi connectivity index (χ1v) is 8.61. The maximum atomic E-state index is 12.1. The molecule has 2 rings (SSSR count). The van der Waals surface area contributed by atoms with Crippen molar-refractivity contribution in [2.75, 3.05) is 11.4 Å². The van der Waals surface area contributed by atoms with Gasteiger partial charge in [0.15, 0.2) is 0 Å². The summed E-state index contributed by atoms with van der Waals surface area (Å²) in [6, 6.07) is 13.4. The zero-order valence-corrected chi connectivity index (χ0v) is 15.6. The number of anilines is 1. The van der Waals surface area contributed by atoms with Gasteiger partial charge in [0.2, 0.25) is 11.8 Å². The fourth-order valence-electron chi connectivity index (χ4n) is 2.60. The molecule has 0 unspecified atom stereocenters. The van der Waals surface area contributed by atoms with Gasteiger partial charge in [-0.05, 0) is 42.7 Å². The SMILES string of the molecule is CC(=O)N(CCC(=O)NCc1ccccc1Cl)c1cc(C)ccc1C. The molecule has 0 saturated heterocycles. The van der Waals surface area contributed by atoms with Crippen molar-refractivity contribution in [1.82, 2.24) is 5.32 Å². The first-order valence-electron chi connectivity index (χ1n) is 8.24. The van der Waals surface area contributed by atoms with Crippen molar-refractivity contribution >= 4 is 29.1 Å². The molecule has 25 heavy (non-hydrogen) atoms. The summed E-state index contributed by atoms with van der Waals surface area (Å²) in [5, 5.41) is 3.48. The molecule has 0 saturated carbocycles. The monoisotopic (exact) mass is 358 g/mol. The lowest BCUT2D eigenvalue weighted by molar-refractivity contribution is -0.121. The van der Waals surface area contributed by atoms with E-state index in [1.807, 2.05) is 50.2 Å². The summed E-state index contributed by atoms with van der Waals surface area (Å²) in [5.41, 5.74) is 3.81. The second kappa shape index (κ2) is 8.67.